The van der Waals surface area contributed by atoms with E-state index in [-0.39, 0.29) is 11.5 Å². The highest BCUT2D eigenvalue weighted by molar-refractivity contribution is 9.09. The van der Waals surface area contributed by atoms with E-state index in [0.717, 1.165) is 5.33 Å². The van der Waals surface area contributed by atoms with Crippen LogP contribution in [0.4, 0.5) is 5.69 Å². The molecule has 1 aromatic carbocycles. The van der Waals surface area contributed by atoms with Gasteiger partial charge in [-0.2, -0.15) is 0 Å². The van der Waals surface area contributed by atoms with Crippen molar-refractivity contribution in [2.75, 3.05) is 23.9 Å². The Labute approximate surface area is 124 Å². The second-order valence-electron chi connectivity index (χ2n) is 4.38. The van der Waals surface area contributed by atoms with E-state index in [0.29, 0.717) is 29.6 Å². The van der Waals surface area contributed by atoms with Crippen LogP contribution >= 0.6 is 27.5 Å². The number of alkyl halides is 1. The van der Waals surface area contributed by atoms with Crippen LogP contribution in [0, 0.1) is 5.92 Å². The van der Waals surface area contributed by atoms with Gasteiger partial charge in [-0.3, -0.25) is 4.79 Å². The maximum absolute atomic E-state index is 11.9. The van der Waals surface area contributed by atoms with Gasteiger partial charge in [0.15, 0.2) is 0 Å². The first kappa shape index (κ1) is 14.3. The summed E-state index contributed by atoms with van der Waals surface area (Å²) in [6.07, 6.45) is 0.515. The van der Waals surface area contributed by atoms with Crippen LogP contribution in [0.2, 0.25) is 5.02 Å². The van der Waals surface area contributed by atoms with E-state index in [1.54, 1.807) is 23.1 Å². The lowest BCUT2D eigenvalue weighted by molar-refractivity contribution is -0.117. The van der Waals surface area contributed by atoms with E-state index in [9.17, 15) is 9.59 Å². The summed E-state index contributed by atoms with van der Waals surface area (Å²) < 4.78 is 4.67. The molecule has 6 heteroatoms. The van der Waals surface area contributed by atoms with Gasteiger partial charge in [-0.05, 0) is 24.1 Å². The molecule has 1 amide bonds. The minimum absolute atomic E-state index is 0.0580. The summed E-state index contributed by atoms with van der Waals surface area (Å²) in [4.78, 5) is 25.2. The first-order valence-electron chi connectivity index (χ1n) is 5.81. The number of rotatable bonds is 3. The van der Waals surface area contributed by atoms with Crippen molar-refractivity contribution in [3.8, 4) is 0 Å². The molecule has 2 rings (SSSR count). The van der Waals surface area contributed by atoms with Gasteiger partial charge in [0, 0.05) is 24.0 Å². The van der Waals surface area contributed by atoms with Crippen molar-refractivity contribution in [3.63, 3.8) is 0 Å². The Morgan fingerprint density at radius 1 is 1.58 bits per heavy atom. The molecule has 1 aliphatic heterocycles. The highest BCUT2D eigenvalue weighted by atomic mass is 79.9. The van der Waals surface area contributed by atoms with Gasteiger partial charge in [0.05, 0.1) is 17.7 Å². The third-order valence-corrected chi connectivity index (χ3v) is 4.34. The number of ether oxygens (including phenoxy) is 1. The molecule has 1 atom stereocenters. The number of esters is 1. The fourth-order valence-electron chi connectivity index (χ4n) is 2.08. The number of amides is 1. The number of nitrogens with zero attached hydrogens (tertiary/aromatic N) is 1. The molecule has 0 saturated carbocycles. The van der Waals surface area contributed by atoms with Crippen LogP contribution in [0.15, 0.2) is 18.2 Å². The van der Waals surface area contributed by atoms with Crippen molar-refractivity contribution in [2.24, 2.45) is 5.92 Å². The van der Waals surface area contributed by atoms with Crippen LogP contribution in [-0.2, 0) is 9.53 Å². The van der Waals surface area contributed by atoms with Crippen LogP contribution in [0.3, 0.4) is 0 Å². The van der Waals surface area contributed by atoms with Crippen molar-refractivity contribution < 1.29 is 14.3 Å². The average Bonchev–Trinajstić information content (AvgIpc) is 2.80. The Morgan fingerprint density at radius 3 is 2.89 bits per heavy atom. The first-order valence-corrected chi connectivity index (χ1v) is 7.31. The van der Waals surface area contributed by atoms with E-state index >= 15 is 0 Å². The largest absolute Gasteiger partial charge is 0.465 e. The summed E-state index contributed by atoms with van der Waals surface area (Å²) in [6, 6.07) is 4.95. The fourth-order valence-corrected chi connectivity index (χ4v) is 2.71. The minimum atomic E-state index is -0.504. The average molecular weight is 347 g/mol. The minimum Gasteiger partial charge on any atom is -0.465 e. The molecule has 1 fully saturated rings. The highest BCUT2D eigenvalue weighted by Crippen LogP contribution is 2.29. The Balaban J connectivity index is 2.31. The van der Waals surface area contributed by atoms with Gasteiger partial charge in [-0.1, -0.05) is 27.5 Å². The van der Waals surface area contributed by atoms with Crippen LogP contribution in [-0.4, -0.2) is 30.9 Å². The zero-order valence-corrected chi connectivity index (χ0v) is 12.7. The maximum atomic E-state index is 11.9. The molecule has 0 N–H and O–H groups in total. The zero-order chi connectivity index (χ0) is 14.0. The number of anilines is 1. The molecule has 1 unspecified atom stereocenters. The quantitative estimate of drug-likeness (QED) is 0.624. The number of methoxy groups -OCH3 is 1. The topological polar surface area (TPSA) is 46.6 Å². The number of hydrogen-bond acceptors (Lipinski definition) is 3. The second kappa shape index (κ2) is 5.92. The highest BCUT2D eigenvalue weighted by Gasteiger charge is 2.30. The van der Waals surface area contributed by atoms with Crippen molar-refractivity contribution in [3.05, 3.63) is 28.8 Å². The monoisotopic (exact) mass is 345 g/mol. The molecule has 1 aromatic rings. The molecule has 102 valence electrons. The third-order valence-electron chi connectivity index (χ3n) is 3.09. The molecule has 19 heavy (non-hydrogen) atoms. The first-order chi connectivity index (χ1) is 9.06. The summed E-state index contributed by atoms with van der Waals surface area (Å²) in [7, 11) is 1.30. The van der Waals surface area contributed by atoms with Gasteiger partial charge in [-0.15, -0.1) is 0 Å². The number of hydrogen-bond donors (Lipinski definition) is 0. The van der Waals surface area contributed by atoms with E-state index < -0.39 is 5.97 Å². The van der Waals surface area contributed by atoms with E-state index in [1.807, 2.05) is 0 Å². The standard InChI is InChI=1S/C13H13BrClNO3/c1-19-13(18)10-5-9(2-3-11(10)15)16-7-8(6-14)4-12(16)17/h2-3,5,8H,4,6-7H2,1H3. The molecule has 1 aliphatic rings. The van der Waals surface area contributed by atoms with Gasteiger partial charge >= 0.3 is 5.97 Å². The molecule has 0 spiro atoms. The zero-order valence-electron chi connectivity index (χ0n) is 10.4. The summed E-state index contributed by atoms with van der Waals surface area (Å²) in [6.45, 7) is 0.645. The smallest absolute Gasteiger partial charge is 0.339 e. The molecule has 0 radical (unpaired) electrons. The Kier molecular flexibility index (Phi) is 4.47. The summed E-state index contributed by atoms with van der Waals surface area (Å²) in [5.41, 5.74) is 0.954. The fraction of sp³-hybridized carbons (Fsp3) is 0.385. The van der Waals surface area contributed by atoms with Crippen molar-refractivity contribution in [2.45, 2.75) is 6.42 Å². The molecule has 1 heterocycles. The normalized spacial score (nSPS) is 18.8. The van der Waals surface area contributed by atoms with Crippen molar-refractivity contribution in [1.82, 2.24) is 0 Å². The van der Waals surface area contributed by atoms with Gasteiger partial charge < -0.3 is 9.64 Å². The number of halogens is 2. The van der Waals surface area contributed by atoms with Crippen LogP contribution in [0.1, 0.15) is 16.8 Å². The molecule has 0 aliphatic carbocycles. The Bertz CT molecular complexity index is 521. The molecule has 0 bridgehead atoms. The molecular weight excluding hydrogens is 334 g/mol. The van der Waals surface area contributed by atoms with Crippen LogP contribution in [0.5, 0.6) is 0 Å². The lowest BCUT2D eigenvalue weighted by Gasteiger charge is -2.17. The van der Waals surface area contributed by atoms with Crippen LogP contribution < -0.4 is 4.90 Å². The molecular formula is C13H13BrClNO3. The summed E-state index contributed by atoms with van der Waals surface area (Å²) >= 11 is 9.35. The van der Waals surface area contributed by atoms with E-state index in [2.05, 4.69) is 20.7 Å². The van der Waals surface area contributed by atoms with Gasteiger partial charge in [0.2, 0.25) is 5.91 Å². The van der Waals surface area contributed by atoms with Gasteiger partial charge in [-0.25, -0.2) is 4.79 Å². The molecule has 1 saturated heterocycles. The third kappa shape index (κ3) is 2.92. The van der Waals surface area contributed by atoms with Gasteiger partial charge in [0.1, 0.15) is 0 Å². The van der Waals surface area contributed by atoms with Gasteiger partial charge in [0.25, 0.3) is 0 Å². The van der Waals surface area contributed by atoms with Crippen molar-refractivity contribution in [1.29, 1.82) is 0 Å². The molecule has 0 aromatic heterocycles. The summed E-state index contributed by atoms with van der Waals surface area (Å²) in [5, 5.41) is 1.10. The van der Waals surface area contributed by atoms with E-state index in [4.69, 9.17) is 11.6 Å². The maximum Gasteiger partial charge on any atom is 0.339 e. The Hall–Kier alpha value is -1.07. The number of carbonyl (C=O) groups excluding carboxylic acids is 2. The Morgan fingerprint density at radius 2 is 2.32 bits per heavy atom. The SMILES string of the molecule is COC(=O)c1cc(N2CC(CBr)CC2=O)ccc1Cl. The lowest BCUT2D eigenvalue weighted by atomic mass is 10.1. The second-order valence-corrected chi connectivity index (χ2v) is 5.44. The molecule has 4 nitrogen and oxygen atoms in total. The summed E-state index contributed by atoms with van der Waals surface area (Å²) in [5.74, 6) is -0.150. The predicted molar refractivity (Wildman–Crippen MR) is 77.0 cm³/mol. The van der Waals surface area contributed by atoms with Crippen LogP contribution in [0.25, 0.3) is 0 Å². The lowest BCUT2D eigenvalue weighted by Crippen LogP contribution is -2.25. The number of carbonyl (C=O) groups is 2. The number of benzene rings is 1. The van der Waals surface area contributed by atoms with E-state index in [1.165, 1.54) is 7.11 Å². The predicted octanol–water partition coefficient (Wildman–Crippen LogP) is 2.87. The van der Waals surface area contributed by atoms with Crippen molar-refractivity contribution >= 4 is 45.1 Å².